The van der Waals surface area contributed by atoms with Crippen LogP contribution in [0.3, 0.4) is 0 Å². The van der Waals surface area contributed by atoms with E-state index in [9.17, 15) is 13.2 Å². The zero-order chi connectivity index (χ0) is 14.0. The Hall–Kier alpha value is -1.64. The maximum absolute atomic E-state index is 12.0. The van der Waals surface area contributed by atoms with Crippen LogP contribution in [0.4, 0.5) is 0 Å². The van der Waals surface area contributed by atoms with E-state index in [1.165, 1.54) is 11.3 Å². The van der Waals surface area contributed by atoms with Gasteiger partial charge in [-0.3, -0.25) is 0 Å². The van der Waals surface area contributed by atoms with Crippen molar-refractivity contribution in [2.45, 2.75) is 18.1 Å². The maximum Gasteiger partial charge on any atom is 0.371 e. The van der Waals surface area contributed by atoms with Crippen molar-refractivity contribution in [3.8, 4) is 0 Å². The molecule has 0 spiro atoms. The molecule has 0 saturated heterocycles. The van der Waals surface area contributed by atoms with E-state index < -0.39 is 32.9 Å². The number of carboxylic acids is 1. The summed E-state index contributed by atoms with van der Waals surface area (Å²) in [6, 6.07) is 5.44. The molecule has 19 heavy (non-hydrogen) atoms. The van der Waals surface area contributed by atoms with Gasteiger partial charge in [0.05, 0.1) is 6.04 Å². The first-order chi connectivity index (χ1) is 8.90. The van der Waals surface area contributed by atoms with E-state index in [2.05, 4.69) is 4.72 Å². The predicted molar refractivity (Wildman–Crippen MR) is 68.7 cm³/mol. The lowest BCUT2D eigenvalue weighted by Gasteiger charge is -2.10. The summed E-state index contributed by atoms with van der Waals surface area (Å²) in [5.74, 6) is -1.73. The molecule has 0 aliphatic carbocycles. The van der Waals surface area contributed by atoms with Gasteiger partial charge in [0.1, 0.15) is 0 Å². The molecule has 6 nitrogen and oxygen atoms in total. The van der Waals surface area contributed by atoms with E-state index in [-0.39, 0.29) is 0 Å². The molecular formula is C11H11NO5S2. The number of carbonyl (C=O) groups is 1. The average molecular weight is 301 g/mol. The Balaban J connectivity index is 2.20. The van der Waals surface area contributed by atoms with E-state index in [1.54, 1.807) is 6.92 Å². The van der Waals surface area contributed by atoms with Crippen LogP contribution in [0.1, 0.15) is 28.4 Å². The molecule has 0 aromatic carbocycles. The number of sulfonamides is 1. The molecule has 2 heterocycles. The van der Waals surface area contributed by atoms with Gasteiger partial charge >= 0.3 is 5.97 Å². The Morgan fingerprint density at radius 3 is 2.68 bits per heavy atom. The largest absolute Gasteiger partial charge is 0.475 e. The summed E-state index contributed by atoms with van der Waals surface area (Å²) in [4.78, 5) is 11.5. The molecule has 0 radical (unpaired) electrons. The molecular weight excluding hydrogens is 290 g/mol. The number of hydrogen-bond acceptors (Lipinski definition) is 5. The van der Waals surface area contributed by atoms with Gasteiger partial charge in [0.15, 0.2) is 0 Å². The second-order valence-electron chi connectivity index (χ2n) is 3.78. The number of aromatic carboxylic acids is 1. The molecule has 0 unspecified atom stereocenters. The number of nitrogens with one attached hydrogen (secondary N) is 1. The summed E-state index contributed by atoms with van der Waals surface area (Å²) in [5.41, 5.74) is 0. The minimum atomic E-state index is -3.87. The van der Waals surface area contributed by atoms with Gasteiger partial charge in [0.2, 0.25) is 10.9 Å². The molecule has 0 aliphatic heterocycles. The van der Waals surface area contributed by atoms with Crippen molar-refractivity contribution >= 4 is 27.3 Å². The van der Waals surface area contributed by atoms with Crippen LogP contribution in [0.15, 0.2) is 39.2 Å². The summed E-state index contributed by atoms with van der Waals surface area (Å²) in [7, 11) is -3.87. The molecule has 0 saturated carbocycles. The third-order valence-electron chi connectivity index (χ3n) is 2.36. The molecule has 102 valence electrons. The molecule has 2 N–H and O–H groups in total. The maximum atomic E-state index is 12.0. The molecule has 8 heteroatoms. The quantitative estimate of drug-likeness (QED) is 0.881. The van der Waals surface area contributed by atoms with Crippen LogP contribution in [0.2, 0.25) is 0 Å². The molecule has 0 aliphatic rings. The van der Waals surface area contributed by atoms with Crippen LogP contribution < -0.4 is 4.72 Å². The fourth-order valence-corrected chi connectivity index (χ4v) is 3.43. The Kier molecular flexibility index (Phi) is 3.74. The second kappa shape index (κ2) is 5.16. The highest BCUT2D eigenvalue weighted by molar-refractivity contribution is 7.89. The molecule has 0 amide bonds. The van der Waals surface area contributed by atoms with Gasteiger partial charge < -0.3 is 9.52 Å². The van der Waals surface area contributed by atoms with Gasteiger partial charge in [-0.1, -0.05) is 6.07 Å². The summed E-state index contributed by atoms with van der Waals surface area (Å²) >= 11 is 1.43. The van der Waals surface area contributed by atoms with Gasteiger partial charge in [-0.2, -0.15) is 0 Å². The first kappa shape index (κ1) is 13.8. The summed E-state index contributed by atoms with van der Waals surface area (Å²) in [6.07, 6.45) is 0. The van der Waals surface area contributed by atoms with E-state index in [0.717, 1.165) is 17.0 Å². The van der Waals surface area contributed by atoms with E-state index in [4.69, 9.17) is 9.52 Å². The molecule has 2 aromatic rings. The monoisotopic (exact) mass is 301 g/mol. The van der Waals surface area contributed by atoms with Gasteiger partial charge in [0.25, 0.3) is 10.0 Å². The van der Waals surface area contributed by atoms with E-state index in [1.807, 2.05) is 17.5 Å². The highest BCUT2D eigenvalue weighted by Crippen LogP contribution is 2.21. The highest BCUT2D eigenvalue weighted by Gasteiger charge is 2.23. The fourth-order valence-electron chi connectivity index (χ4n) is 1.47. The fraction of sp³-hybridized carbons (Fsp3) is 0.182. The van der Waals surface area contributed by atoms with Crippen molar-refractivity contribution in [2.24, 2.45) is 0 Å². The zero-order valence-electron chi connectivity index (χ0n) is 9.86. The minimum absolute atomic E-state index is 0.409. The third-order valence-corrected chi connectivity index (χ3v) is 4.83. The number of furan rings is 1. The second-order valence-corrected chi connectivity index (χ2v) is 6.41. The van der Waals surface area contributed by atoms with Gasteiger partial charge in [0, 0.05) is 4.88 Å². The minimum Gasteiger partial charge on any atom is -0.475 e. The van der Waals surface area contributed by atoms with E-state index >= 15 is 0 Å². The van der Waals surface area contributed by atoms with Crippen molar-refractivity contribution in [1.82, 2.24) is 4.72 Å². The summed E-state index contributed by atoms with van der Waals surface area (Å²) < 4.78 is 31.2. The average Bonchev–Trinajstić information content (AvgIpc) is 3.00. The predicted octanol–water partition coefficient (Wildman–Crippen LogP) is 2.08. The van der Waals surface area contributed by atoms with Crippen molar-refractivity contribution in [2.75, 3.05) is 0 Å². The Labute approximate surface area is 113 Å². The lowest BCUT2D eigenvalue weighted by Crippen LogP contribution is -2.26. The van der Waals surface area contributed by atoms with E-state index in [0.29, 0.717) is 0 Å². The summed E-state index contributed by atoms with van der Waals surface area (Å²) in [5, 5.41) is 10.1. The van der Waals surface area contributed by atoms with Crippen molar-refractivity contribution < 1.29 is 22.7 Å². The van der Waals surface area contributed by atoms with Crippen molar-refractivity contribution in [3.05, 3.63) is 40.3 Å². The van der Waals surface area contributed by atoms with Crippen LogP contribution in [0, 0.1) is 0 Å². The molecule has 2 aromatic heterocycles. The van der Waals surface area contributed by atoms with Crippen LogP contribution in [-0.2, 0) is 10.0 Å². The van der Waals surface area contributed by atoms with Crippen LogP contribution in [-0.4, -0.2) is 19.5 Å². The first-order valence-electron chi connectivity index (χ1n) is 5.29. The highest BCUT2D eigenvalue weighted by atomic mass is 32.2. The Morgan fingerprint density at radius 2 is 2.16 bits per heavy atom. The molecule has 0 fully saturated rings. The van der Waals surface area contributed by atoms with Gasteiger partial charge in [-0.25, -0.2) is 17.9 Å². The van der Waals surface area contributed by atoms with Gasteiger partial charge in [-0.15, -0.1) is 11.3 Å². The van der Waals surface area contributed by atoms with Crippen LogP contribution >= 0.6 is 11.3 Å². The summed E-state index contributed by atoms with van der Waals surface area (Å²) in [6.45, 7) is 1.70. The SMILES string of the molecule is C[C@H](NS(=O)(=O)c1ccc(C(=O)O)o1)c1cccs1. The molecule has 2 rings (SSSR count). The number of rotatable bonds is 5. The number of hydrogen-bond donors (Lipinski definition) is 2. The topological polar surface area (TPSA) is 96.6 Å². The van der Waals surface area contributed by atoms with Crippen LogP contribution in [0.5, 0.6) is 0 Å². The van der Waals surface area contributed by atoms with Crippen molar-refractivity contribution in [3.63, 3.8) is 0 Å². The Bertz CT molecular complexity index is 672. The molecule has 1 atom stereocenters. The first-order valence-corrected chi connectivity index (χ1v) is 7.65. The lowest BCUT2D eigenvalue weighted by molar-refractivity contribution is 0.0656. The Morgan fingerprint density at radius 1 is 1.42 bits per heavy atom. The normalized spacial score (nSPS) is 13.3. The smallest absolute Gasteiger partial charge is 0.371 e. The van der Waals surface area contributed by atoms with Crippen molar-refractivity contribution in [1.29, 1.82) is 0 Å². The van der Waals surface area contributed by atoms with Gasteiger partial charge in [-0.05, 0) is 30.5 Å². The number of thiophene rings is 1. The zero-order valence-corrected chi connectivity index (χ0v) is 11.5. The molecule has 0 bridgehead atoms. The van der Waals surface area contributed by atoms with Crippen LogP contribution in [0.25, 0.3) is 0 Å². The third kappa shape index (κ3) is 3.03. The number of carboxylic acid groups (broad SMARTS) is 1. The lowest BCUT2D eigenvalue weighted by atomic mass is 10.3. The standard InChI is InChI=1S/C11H11NO5S2/c1-7(9-3-2-6-18-9)12-19(15,16)10-5-4-8(17-10)11(13)14/h2-7,12H,1H3,(H,13,14)/t7-/m0/s1.